The van der Waals surface area contributed by atoms with Gasteiger partial charge in [0.1, 0.15) is 5.75 Å². The molecule has 11 heteroatoms. The van der Waals surface area contributed by atoms with Crippen LogP contribution in [0.15, 0.2) is 34.3 Å². The molecular weight excluding hydrogens is 398 g/mol. The smallest absolute Gasteiger partial charge is 0.279 e. The highest BCUT2D eigenvalue weighted by Gasteiger charge is 2.27. The van der Waals surface area contributed by atoms with Crippen LogP contribution < -0.4 is 10.1 Å². The Hall–Kier alpha value is -3.05. The molecule has 2 heterocycles. The van der Waals surface area contributed by atoms with Crippen molar-refractivity contribution in [1.82, 2.24) is 10.2 Å². The Kier molecular flexibility index (Phi) is 6.73. The number of morpholine rings is 1. The SMILES string of the molecule is COc1ccc(C(=O)N=C2C(=N)N=C(SCC(=O)N3CCOCC3)NC2=O)cc1. The van der Waals surface area contributed by atoms with E-state index in [1.165, 1.54) is 19.2 Å². The van der Waals surface area contributed by atoms with Crippen molar-refractivity contribution >= 4 is 46.2 Å². The van der Waals surface area contributed by atoms with E-state index in [4.69, 9.17) is 14.9 Å². The third-order valence-electron chi connectivity index (χ3n) is 4.12. The fourth-order valence-electron chi connectivity index (χ4n) is 2.55. The Morgan fingerprint density at radius 3 is 2.62 bits per heavy atom. The second-order valence-corrected chi connectivity index (χ2v) is 6.96. The van der Waals surface area contributed by atoms with Crippen molar-refractivity contribution in [2.45, 2.75) is 0 Å². The number of methoxy groups -OCH3 is 1. The number of nitrogens with one attached hydrogen (secondary N) is 2. The van der Waals surface area contributed by atoms with Crippen LogP contribution in [-0.2, 0) is 14.3 Å². The van der Waals surface area contributed by atoms with Crippen LogP contribution >= 0.6 is 11.8 Å². The normalized spacial score (nSPS) is 18.3. The summed E-state index contributed by atoms with van der Waals surface area (Å²) >= 11 is 1.02. The molecule has 1 aromatic rings. The van der Waals surface area contributed by atoms with Gasteiger partial charge < -0.3 is 14.4 Å². The largest absolute Gasteiger partial charge is 0.497 e. The second kappa shape index (κ2) is 9.43. The number of hydrogen-bond acceptors (Lipinski definition) is 7. The predicted molar refractivity (Wildman–Crippen MR) is 108 cm³/mol. The fraction of sp³-hybridized carbons (Fsp3) is 0.333. The van der Waals surface area contributed by atoms with E-state index < -0.39 is 17.6 Å². The lowest BCUT2D eigenvalue weighted by molar-refractivity contribution is -0.132. The number of amides is 3. The topological polar surface area (TPSA) is 134 Å². The molecular formula is C18H19N5O5S. The molecule has 1 saturated heterocycles. The highest BCUT2D eigenvalue weighted by Crippen LogP contribution is 2.13. The van der Waals surface area contributed by atoms with Crippen molar-refractivity contribution < 1.29 is 23.9 Å². The molecule has 0 aliphatic carbocycles. The zero-order chi connectivity index (χ0) is 20.8. The predicted octanol–water partition coefficient (Wildman–Crippen LogP) is 0.331. The molecule has 2 aliphatic rings. The number of aliphatic imine (C=N–C) groups is 2. The highest BCUT2D eigenvalue weighted by molar-refractivity contribution is 8.14. The Bertz CT molecular complexity index is 890. The first kappa shape index (κ1) is 20.7. The summed E-state index contributed by atoms with van der Waals surface area (Å²) in [4.78, 5) is 46.0. The molecule has 3 amide bonds. The van der Waals surface area contributed by atoms with Crippen molar-refractivity contribution in [1.29, 1.82) is 5.41 Å². The molecule has 3 rings (SSSR count). The van der Waals surface area contributed by atoms with Crippen molar-refractivity contribution in [2.75, 3.05) is 39.2 Å². The summed E-state index contributed by atoms with van der Waals surface area (Å²) in [5.74, 6) is -1.27. The Morgan fingerprint density at radius 2 is 2.00 bits per heavy atom. The molecule has 0 spiro atoms. The molecule has 2 N–H and O–H groups in total. The number of thioether (sulfide) groups is 1. The van der Waals surface area contributed by atoms with Gasteiger partial charge in [0.15, 0.2) is 16.7 Å². The lowest BCUT2D eigenvalue weighted by Gasteiger charge is -2.26. The summed E-state index contributed by atoms with van der Waals surface area (Å²) in [7, 11) is 1.51. The molecule has 0 radical (unpaired) electrons. The van der Waals surface area contributed by atoms with Gasteiger partial charge in [-0.1, -0.05) is 11.8 Å². The first-order chi connectivity index (χ1) is 14.0. The van der Waals surface area contributed by atoms with Crippen molar-refractivity contribution in [3.63, 3.8) is 0 Å². The molecule has 29 heavy (non-hydrogen) atoms. The first-order valence-corrected chi connectivity index (χ1v) is 9.71. The summed E-state index contributed by atoms with van der Waals surface area (Å²) in [6.45, 7) is 2.05. The average molecular weight is 417 g/mol. The monoisotopic (exact) mass is 417 g/mol. The van der Waals surface area contributed by atoms with Crippen LogP contribution in [0.3, 0.4) is 0 Å². The maximum atomic E-state index is 12.3. The number of carbonyl (C=O) groups excluding carboxylic acids is 3. The molecule has 0 saturated carbocycles. The van der Waals surface area contributed by atoms with Crippen molar-refractivity contribution in [2.24, 2.45) is 9.98 Å². The zero-order valence-corrected chi connectivity index (χ0v) is 16.5. The standard InChI is InChI=1S/C18H19N5O5S/c1-27-12-4-2-11(3-5-12)16(25)20-14-15(19)21-18(22-17(14)26)29-10-13(24)23-6-8-28-9-7-23/h2-5H,6-10H2,1H3,(H2,19,21,22,26). The zero-order valence-electron chi connectivity index (χ0n) is 15.6. The minimum atomic E-state index is -0.715. The van der Waals surface area contributed by atoms with Gasteiger partial charge in [-0.15, -0.1) is 0 Å². The Labute approximate surface area is 170 Å². The molecule has 152 valence electrons. The summed E-state index contributed by atoms with van der Waals surface area (Å²) in [6.07, 6.45) is 0. The van der Waals surface area contributed by atoms with E-state index in [1.54, 1.807) is 17.0 Å². The summed E-state index contributed by atoms with van der Waals surface area (Å²) in [6, 6.07) is 6.21. The van der Waals surface area contributed by atoms with Crippen LogP contribution in [0.5, 0.6) is 5.75 Å². The molecule has 0 unspecified atom stereocenters. The summed E-state index contributed by atoms with van der Waals surface area (Å²) < 4.78 is 10.2. The second-order valence-electron chi connectivity index (χ2n) is 6.00. The maximum Gasteiger partial charge on any atom is 0.279 e. The summed E-state index contributed by atoms with van der Waals surface area (Å²) in [5.41, 5.74) is -0.131. The molecule has 10 nitrogen and oxygen atoms in total. The molecule has 2 aliphatic heterocycles. The van der Waals surface area contributed by atoms with Gasteiger partial charge >= 0.3 is 0 Å². The Morgan fingerprint density at radius 1 is 1.31 bits per heavy atom. The van der Waals surface area contributed by atoms with E-state index in [9.17, 15) is 14.4 Å². The maximum absolute atomic E-state index is 12.3. The van der Waals surface area contributed by atoms with E-state index >= 15 is 0 Å². The van der Waals surface area contributed by atoms with Crippen molar-refractivity contribution in [3.8, 4) is 5.75 Å². The number of nitrogens with zero attached hydrogens (tertiary/aromatic N) is 3. The molecule has 0 bridgehead atoms. The van der Waals surface area contributed by atoms with Gasteiger partial charge in [-0.05, 0) is 24.3 Å². The van der Waals surface area contributed by atoms with Crippen LogP contribution in [0.1, 0.15) is 10.4 Å². The lowest BCUT2D eigenvalue weighted by Crippen LogP contribution is -2.45. The van der Waals surface area contributed by atoms with Gasteiger partial charge in [0, 0.05) is 18.7 Å². The van der Waals surface area contributed by atoms with Gasteiger partial charge in [0.2, 0.25) is 5.91 Å². The quantitative estimate of drug-likeness (QED) is 0.725. The number of rotatable bonds is 4. The fourth-order valence-corrected chi connectivity index (χ4v) is 3.32. The first-order valence-electron chi connectivity index (χ1n) is 8.72. The van der Waals surface area contributed by atoms with Crippen molar-refractivity contribution in [3.05, 3.63) is 29.8 Å². The van der Waals surface area contributed by atoms with Gasteiger partial charge in [-0.25, -0.2) is 4.99 Å². The average Bonchev–Trinajstić information content (AvgIpc) is 2.75. The molecule has 0 aromatic heterocycles. The van der Waals surface area contributed by atoms with Gasteiger partial charge in [-0.2, -0.15) is 4.99 Å². The summed E-state index contributed by atoms with van der Waals surface area (Å²) in [5, 5.41) is 10.5. The van der Waals surface area contributed by atoms with E-state index in [1.807, 2.05) is 0 Å². The number of amidine groups is 2. The number of carbonyl (C=O) groups is 3. The van der Waals surface area contributed by atoms with Crippen LogP contribution in [0.25, 0.3) is 0 Å². The third kappa shape index (κ3) is 5.27. The van der Waals surface area contributed by atoms with Crippen LogP contribution in [-0.4, -0.2) is 78.5 Å². The van der Waals surface area contributed by atoms with E-state index in [-0.39, 0.29) is 28.1 Å². The van der Waals surface area contributed by atoms with Gasteiger partial charge in [0.25, 0.3) is 11.8 Å². The molecule has 0 atom stereocenters. The minimum absolute atomic E-state index is 0.0731. The van der Waals surface area contributed by atoms with Gasteiger partial charge in [0.05, 0.1) is 26.1 Å². The molecule has 1 fully saturated rings. The number of hydrogen-bond donors (Lipinski definition) is 2. The van der Waals surface area contributed by atoms with E-state index in [0.29, 0.717) is 32.1 Å². The van der Waals surface area contributed by atoms with Gasteiger partial charge in [-0.3, -0.25) is 25.1 Å². The van der Waals surface area contributed by atoms with E-state index in [2.05, 4.69) is 15.3 Å². The van der Waals surface area contributed by atoms with Crippen LogP contribution in [0.2, 0.25) is 0 Å². The lowest BCUT2D eigenvalue weighted by atomic mass is 10.2. The minimum Gasteiger partial charge on any atom is -0.497 e. The molecule has 1 aromatic carbocycles. The van der Waals surface area contributed by atoms with Crippen LogP contribution in [0.4, 0.5) is 0 Å². The Balaban J connectivity index is 1.63. The highest BCUT2D eigenvalue weighted by atomic mass is 32.2. The number of benzene rings is 1. The van der Waals surface area contributed by atoms with E-state index in [0.717, 1.165) is 11.8 Å². The number of ether oxygens (including phenoxy) is 2. The van der Waals surface area contributed by atoms with Crippen LogP contribution in [0, 0.1) is 5.41 Å². The third-order valence-corrected chi connectivity index (χ3v) is 4.98.